The Morgan fingerprint density at radius 1 is 1.03 bits per heavy atom. The number of amides is 2. The highest BCUT2D eigenvalue weighted by Gasteiger charge is 2.18. The Hall–Kier alpha value is -2.35. The third-order valence-corrected chi connectivity index (χ3v) is 6.60. The number of carbonyl (C=O) groups is 2. The first-order valence-electron chi connectivity index (χ1n) is 10.5. The smallest absolute Gasteiger partial charge is 0.251 e. The number of rotatable bonds is 7. The molecule has 0 aliphatic carbocycles. The van der Waals surface area contributed by atoms with Crippen molar-refractivity contribution in [1.82, 2.24) is 15.1 Å². The van der Waals surface area contributed by atoms with Crippen molar-refractivity contribution in [3.05, 3.63) is 59.7 Å². The van der Waals surface area contributed by atoms with E-state index >= 15 is 0 Å². The Balaban J connectivity index is 1.15. The van der Waals surface area contributed by atoms with Crippen molar-refractivity contribution >= 4 is 29.3 Å². The quantitative estimate of drug-likeness (QED) is 0.669. The molecule has 0 unspecified atom stereocenters. The van der Waals surface area contributed by atoms with Gasteiger partial charge in [-0.1, -0.05) is 30.3 Å². The molecule has 4 rings (SSSR count). The minimum atomic E-state index is -0.0877. The number of nitrogens with zero attached hydrogens (tertiary/aromatic N) is 2. The van der Waals surface area contributed by atoms with Gasteiger partial charge in [0.25, 0.3) is 5.91 Å². The first-order valence-corrected chi connectivity index (χ1v) is 11.5. The molecule has 2 amide bonds. The Kier molecular flexibility index (Phi) is 7.04. The third kappa shape index (κ3) is 5.62. The molecule has 0 bridgehead atoms. The number of nitrogens with one attached hydrogen (secondary N) is 2. The molecule has 2 aliphatic heterocycles. The summed E-state index contributed by atoms with van der Waals surface area (Å²) in [5.41, 5.74) is 2.69. The predicted molar refractivity (Wildman–Crippen MR) is 121 cm³/mol. The molecule has 1 saturated heterocycles. The number of anilines is 1. The zero-order valence-electron chi connectivity index (χ0n) is 17.1. The number of fused-ring (bicyclic) bond motifs is 1. The van der Waals surface area contributed by atoms with E-state index in [0.29, 0.717) is 17.9 Å². The zero-order valence-corrected chi connectivity index (χ0v) is 17.9. The van der Waals surface area contributed by atoms with E-state index in [0.717, 1.165) is 56.3 Å². The van der Waals surface area contributed by atoms with Crippen LogP contribution in [0.5, 0.6) is 0 Å². The van der Waals surface area contributed by atoms with Crippen LogP contribution in [0.3, 0.4) is 0 Å². The van der Waals surface area contributed by atoms with Gasteiger partial charge in [0.2, 0.25) is 5.91 Å². The van der Waals surface area contributed by atoms with Crippen LogP contribution in [0.4, 0.5) is 5.69 Å². The van der Waals surface area contributed by atoms with E-state index < -0.39 is 0 Å². The fraction of sp³-hybridized carbons (Fsp3) is 0.391. The lowest BCUT2D eigenvalue weighted by molar-refractivity contribution is -0.113. The summed E-state index contributed by atoms with van der Waals surface area (Å²) < 4.78 is 0. The van der Waals surface area contributed by atoms with E-state index in [2.05, 4.69) is 50.8 Å². The fourth-order valence-electron chi connectivity index (χ4n) is 3.84. The van der Waals surface area contributed by atoms with Crippen LogP contribution in [0.1, 0.15) is 22.3 Å². The molecule has 1 fully saturated rings. The van der Waals surface area contributed by atoms with Crippen molar-refractivity contribution in [1.29, 1.82) is 0 Å². The molecule has 0 atom stereocenters. The van der Waals surface area contributed by atoms with Crippen LogP contribution in [-0.2, 0) is 11.3 Å². The lowest BCUT2D eigenvalue weighted by atomic mass is 10.1. The van der Waals surface area contributed by atoms with Gasteiger partial charge in [0.05, 0.1) is 11.4 Å². The van der Waals surface area contributed by atoms with Crippen LogP contribution >= 0.6 is 11.8 Å². The number of thioether (sulfide) groups is 1. The Morgan fingerprint density at radius 2 is 1.80 bits per heavy atom. The first kappa shape index (κ1) is 20.9. The van der Waals surface area contributed by atoms with Crippen LogP contribution in [0.2, 0.25) is 0 Å². The van der Waals surface area contributed by atoms with Gasteiger partial charge in [-0.2, -0.15) is 0 Å². The highest BCUT2D eigenvalue weighted by atomic mass is 32.2. The zero-order chi connectivity index (χ0) is 20.8. The Bertz CT molecular complexity index is 882. The summed E-state index contributed by atoms with van der Waals surface area (Å²) in [6.45, 7) is 6.98. The maximum atomic E-state index is 12.4. The van der Waals surface area contributed by atoms with Gasteiger partial charge in [0, 0.05) is 49.7 Å². The van der Waals surface area contributed by atoms with Crippen molar-refractivity contribution in [3.63, 3.8) is 0 Å². The van der Waals surface area contributed by atoms with E-state index in [9.17, 15) is 9.59 Å². The first-order chi connectivity index (χ1) is 14.7. The molecule has 0 spiro atoms. The maximum Gasteiger partial charge on any atom is 0.251 e. The van der Waals surface area contributed by atoms with Gasteiger partial charge in [-0.05, 0) is 36.7 Å². The summed E-state index contributed by atoms with van der Waals surface area (Å²) in [4.78, 5) is 30.0. The summed E-state index contributed by atoms with van der Waals surface area (Å²) >= 11 is 1.50. The van der Waals surface area contributed by atoms with Crippen molar-refractivity contribution in [2.45, 2.75) is 17.9 Å². The van der Waals surface area contributed by atoms with Crippen molar-refractivity contribution in [3.8, 4) is 0 Å². The fourth-order valence-corrected chi connectivity index (χ4v) is 4.63. The standard InChI is InChI=1S/C23H28N4O2S/c28-22-17-30-21-8-7-19(15-20(21)25-22)23(29)24-9-4-10-26-11-13-27(14-12-26)16-18-5-2-1-3-6-18/h1-3,5-8,15H,4,9-14,16-17H2,(H,24,29)(H,25,28). The number of piperazine rings is 1. The highest BCUT2D eigenvalue weighted by molar-refractivity contribution is 8.00. The highest BCUT2D eigenvalue weighted by Crippen LogP contribution is 2.31. The second kappa shape index (κ2) is 10.1. The van der Waals surface area contributed by atoms with E-state index in [4.69, 9.17) is 0 Å². The minimum absolute atomic E-state index is 0.0195. The van der Waals surface area contributed by atoms with Gasteiger partial charge in [-0.25, -0.2) is 0 Å². The van der Waals surface area contributed by atoms with E-state index in [1.165, 1.54) is 17.3 Å². The van der Waals surface area contributed by atoms with Crippen molar-refractivity contribution in [2.24, 2.45) is 0 Å². The predicted octanol–water partition coefficient (Wildman–Crippen LogP) is 2.67. The Labute approximate surface area is 182 Å². The molecule has 6 nitrogen and oxygen atoms in total. The molecule has 2 heterocycles. The minimum Gasteiger partial charge on any atom is -0.352 e. The largest absolute Gasteiger partial charge is 0.352 e. The molecule has 0 saturated carbocycles. The van der Waals surface area contributed by atoms with Crippen LogP contribution in [-0.4, -0.2) is 66.6 Å². The van der Waals surface area contributed by atoms with Crippen LogP contribution < -0.4 is 10.6 Å². The van der Waals surface area contributed by atoms with E-state index in [1.54, 1.807) is 6.07 Å². The van der Waals surface area contributed by atoms with Crippen LogP contribution in [0.15, 0.2) is 53.4 Å². The van der Waals surface area contributed by atoms with Gasteiger partial charge in [-0.3, -0.25) is 14.5 Å². The van der Waals surface area contributed by atoms with Crippen LogP contribution in [0.25, 0.3) is 0 Å². The lowest BCUT2D eigenvalue weighted by Gasteiger charge is -2.34. The van der Waals surface area contributed by atoms with Gasteiger partial charge in [0.1, 0.15) is 0 Å². The molecule has 2 N–H and O–H groups in total. The lowest BCUT2D eigenvalue weighted by Crippen LogP contribution is -2.46. The summed E-state index contributed by atoms with van der Waals surface area (Å²) in [7, 11) is 0. The van der Waals surface area contributed by atoms with E-state index in [-0.39, 0.29) is 11.8 Å². The summed E-state index contributed by atoms with van der Waals surface area (Å²) in [6.07, 6.45) is 0.932. The summed E-state index contributed by atoms with van der Waals surface area (Å²) in [6, 6.07) is 16.1. The molecular formula is C23H28N4O2S. The summed E-state index contributed by atoms with van der Waals surface area (Å²) in [5.74, 6) is 0.322. The maximum absolute atomic E-state index is 12.4. The second-order valence-electron chi connectivity index (χ2n) is 7.76. The van der Waals surface area contributed by atoms with E-state index in [1.807, 2.05) is 12.1 Å². The average Bonchev–Trinajstić information content (AvgIpc) is 2.78. The monoisotopic (exact) mass is 424 g/mol. The molecule has 0 aromatic heterocycles. The number of benzene rings is 2. The SMILES string of the molecule is O=C1CSc2ccc(C(=O)NCCCN3CCN(Cc4ccccc4)CC3)cc2N1. The molecule has 158 valence electrons. The van der Waals surface area contributed by atoms with Gasteiger partial charge in [-0.15, -0.1) is 11.8 Å². The molecule has 0 radical (unpaired) electrons. The molecule has 2 aromatic rings. The third-order valence-electron chi connectivity index (χ3n) is 5.53. The topological polar surface area (TPSA) is 64.7 Å². The molecule has 2 aromatic carbocycles. The molecule has 7 heteroatoms. The normalized spacial score (nSPS) is 17.3. The number of hydrogen-bond acceptors (Lipinski definition) is 5. The Morgan fingerprint density at radius 3 is 2.60 bits per heavy atom. The van der Waals surface area contributed by atoms with Crippen LogP contribution in [0, 0.1) is 0 Å². The van der Waals surface area contributed by atoms with Gasteiger partial charge >= 0.3 is 0 Å². The number of carbonyl (C=O) groups excluding carboxylic acids is 2. The average molecular weight is 425 g/mol. The van der Waals surface area contributed by atoms with Crippen molar-refractivity contribution < 1.29 is 9.59 Å². The molecular weight excluding hydrogens is 396 g/mol. The number of hydrogen-bond donors (Lipinski definition) is 2. The summed E-state index contributed by atoms with van der Waals surface area (Å²) in [5, 5.41) is 5.84. The second-order valence-corrected chi connectivity index (χ2v) is 8.78. The van der Waals surface area contributed by atoms with Gasteiger partial charge < -0.3 is 15.5 Å². The van der Waals surface area contributed by atoms with Gasteiger partial charge in [0.15, 0.2) is 0 Å². The molecule has 30 heavy (non-hydrogen) atoms. The molecule has 2 aliphatic rings. The van der Waals surface area contributed by atoms with Crippen molar-refractivity contribution in [2.75, 3.05) is 50.3 Å².